The summed E-state index contributed by atoms with van der Waals surface area (Å²) in [5, 5.41) is 3.42. The van der Waals surface area contributed by atoms with Crippen molar-refractivity contribution in [3.63, 3.8) is 0 Å². The lowest BCUT2D eigenvalue weighted by Gasteiger charge is -2.22. The van der Waals surface area contributed by atoms with Gasteiger partial charge in [-0.2, -0.15) is 0 Å². The van der Waals surface area contributed by atoms with Gasteiger partial charge in [0.05, 0.1) is 6.61 Å². The highest BCUT2D eigenvalue weighted by Gasteiger charge is 2.20. The quantitative estimate of drug-likeness (QED) is 0.568. The number of amides is 1. The maximum Gasteiger partial charge on any atom is 0.266 e. The van der Waals surface area contributed by atoms with Crippen LogP contribution in [0.5, 0.6) is 0 Å². The van der Waals surface area contributed by atoms with E-state index in [1.165, 1.54) is 0 Å². The molecular formula is C24H26N2O2. The molecule has 0 aliphatic heterocycles. The third-order valence-electron chi connectivity index (χ3n) is 4.65. The summed E-state index contributed by atoms with van der Waals surface area (Å²) < 4.78 is 0. The number of aryl methyl sites for hydroxylation is 2. The first-order valence-electron chi connectivity index (χ1n) is 9.46. The van der Waals surface area contributed by atoms with Gasteiger partial charge in [0.25, 0.3) is 5.91 Å². The summed E-state index contributed by atoms with van der Waals surface area (Å²) >= 11 is 0. The molecule has 28 heavy (non-hydrogen) atoms. The smallest absolute Gasteiger partial charge is 0.266 e. The molecule has 3 rings (SSSR count). The van der Waals surface area contributed by atoms with Crippen molar-refractivity contribution in [2.24, 2.45) is 0 Å². The Morgan fingerprint density at radius 2 is 1.39 bits per heavy atom. The van der Waals surface area contributed by atoms with E-state index in [9.17, 15) is 4.79 Å². The van der Waals surface area contributed by atoms with Crippen molar-refractivity contribution in [1.29, 1.82) is 0 Å². The Morgan fingerprint density at radius 1 is 0.821 bits per heavy atom. The molecule has 0 saturated heterocycles. The monoisotopic (exact) mass is 374 g/mol. The van der Waals surface area contributed by atoms with Gasteiger partial charge < -0.3 is 5.32 Å². The molecule has 0 radical (unpaired) electrons. The molecule has 1 atom stereocenters. The van der Waals surface area contributed by atoms with Crippen LogP contribution in [0.4, 0.5) is 5.69 Å². The molecular weight excluding hydrogens is 348 g/mol. The lowest BCUT2D eigenvalue weighted by molar-refractivity contribution is -0.135. The normalized spacial score (nSPS) is 11.6. The van der Waals surface area contributed by atoms with E-state index < -0.39 is 6.04 Å². The molecule has 1 amide bonds. The third kappa shape index (κ3) is 5.44. The second-order valence-electron chi connectivity index (χ2n) is 6.89. The van der Waals surface area contributed by atoms with Crippen molar-refractivity contribution >= 4 is 11.6 Å². The summed E-state index contributed by atoms with van der Waals surface area (Å²) in [5.41, 5.74) is 7.90. The van der Waals surface area contributed by atoms with Crippen LogP contribution in [-0.4, -0.2) is 11.9 Å². The van der Waals surface area contributed by atoms with E-state index in [-0.39, 0.29) is 5.91 Å². The van der Waals surface area contributed by atoms with E-state index in [0.29, 0.717) is 13.0 Å². The topological polar surface area (TPSA) is 50.4 Å². The van der Waals surface area contributed by atoms with Gasteiger partial charge in [-0.15, -0.1) is 0 Å². The van der Waals surface area contributed by atoms with Crippen LogP contribution < -0.4 is 10.8 Å². The highest BCUT2D eigenvalue weighted by molar-refractivity contribution is 5.84. The van der Waals surface area contributed by atoms with Crippen molar-refractivity contribution < 1.29 is 9.63 Å². The molecule has 1 unspecified atom stereocenters. The minimum absolute atomic E-state index is 0.192. The van der Waals surface area contributed by atoms with Gasteiger partial charge in [-0.25, -0.2) is 5.48 Å². The maximum absolute atomic E-state index is 12.9. The number of hydroxylamine groups is 1. The van der Waals surface area contributed by atoms with Gasteiger partial charge in [-0.1, -0.05) is 78.9 Å². The van der Waals surface area contributed by atoms with Crippen molar-refractivity contribution in [3.8, 4) is 0 Å². The second-order valence-corrected chi connectivity index (χ2v) is 6.89. The molecule has 0 heterocycles. The van der Waals surface area contributed by atoms with E-state index in [1.807, 2.05) is 92.7 Å². The van der Waals surface area contributed by atoms with Crippen LogP contribution in [0.2, 0.25) is 0 Å². The van der Waals surface area contributed by atoms with Crippen molar-refractivity contribution in [2.45, 2.75) is 32.9 Å². The summed E-state index contributed by atoms with van der Waals surface area (Å²) in [7, 11) is 0. The highest BCUT2D eigenvalue weighted by Crippen LogP contribution is 2.21. The van der Waals surface area contributed by atoms with Gasteiger partial charge in [0.2, 0.25) is 0 Å². The van der Waals surface area contributed by atoms with Gasteiger partial charge in [-0.05, 0) is 36.1 Å². The Labute approximate surface area is 166 Å². The van der Waals surface area contributed by atoms with Gasteiger partial charge in [0, 0.05) is 12.1 Å². The lowest BCUT2D eigenvalue weighted by atomic mass is 10.0. The average molecular weight is 374 g/mol. The largest absolute Gasteiger partial charge is 0.373 e. The molecule has 0 aromatic heterocycles. The molecule has 4 nitrogen and oxygen atoms in total. The first-order chi connectivity index (χ1) is 13.6. The van der Waals surface area contributed by atoms with Gasteiger partial charge in [-0.3, -0.25) is 9.63 Å². The Balaban J connectivity index is 1.70. The summed E-state index contributed by atoms with van der Waals surface area (Å²) in [6.07, 6.45) is 0.565. The number of nitrogens with one attached hydrogen (secondary N) is 2. The molecule has 4 heteroatoms. The number of rotatable bonds is 8. The first-order valence-corrected chi connectivity index (χ1v) is 9.46. The standard InChI is InChI=1S/C24H26N2O2/c1-18-10-9-11-19(2)23(18)25-22(16-20-12-5-3-6-13-20)24(27)26-28-17-21-14-7-4-8-15-21/h3-15,22,25H,16-17H2,1-2H3,(H,26,27). The maximum atomic E-state index is 12.9. The Kier molecular flexibility index (Phi) is 6.82. The molecule has 0 bridgehead atoms. The van der Waals surface area contributed by atoms with Crippen LogP contribution >= 0.6 is 0 Å². The number of benzene rings is 3. The number of carbonyl (C=O) groups excluding carboxylic acids is 1. The highest BCUT2D eigenvalue weighted by atomic mass is 16.6. The Bertz CT molecular complexity index is 875. The van der Waals surface area contributed by atoms with E-state index in [4.69, 9.17) is 4.84 Å². The number of hydrogen-bond acceptors (Lipinski definition) is 3. The molecule has 0 aliphatic rings. The number of carbonyl (C=O) groups is 1. The van der Waals surface area contributed by atoms with Gasteiger partial charge >= 0.3 is 0 Å². The number of hydrogen-bond donors (Lipinski definition) is 2. The number of para-hydroxylation sites is 1. The summed E-state index contributed by atoms with van der Waals surface area (Å²) in [6.45, 7) is 4.41. The van der Waals surface area contributed by atoms with Crippen LogP contribution in [0.3, 0.4) is 0 Å². The lowest BCUT2D eigenvalue weighted by Crippen LogP contribution is -2.41. The second kappa shape index (κ2) is 9.72. The zero-order chi connectivity index (χ0) is 19.8. The molecule has 0 saturated carbocycles. The van der Waals surface area contributed by atoms with Crippen molar-refractivity contribution in [1.82, 2.24) is 5.48 Å². The predicted molar refractivity (Wildman–Crippen MR) is 113 cm³/mol. The third-order valence-corrected chi connectivity index (χ3v) is 4.65. The van der Waals surface area contributed by atoms with E-state index in [2.05, 4.69) is 10.8 Å². The van der Waals surface area contributed by atoms with Crippen molar-refractivity contribution in [3.05, 3.63) is 101 Å². The molecule has 3 aromatic rings. The van der Waals surface area contributed by atoms with E-state index >= 15 is 0 Å². The van der Waals surface area contributed by atoms with Crippen LogP contribution in [0, 0.1) is 13.8 Å². The summed E-state index contributed by atoms with van der Waals surface area (Å²) in [6, 6.07) is 25.4. The molecule has 144 valence electrons. The molecule has 0 fully saturated rings. The number of anilines is 1. The van der Waals surface area contributed by atoms with Gasteiger partial charge in [0.15, 0.2) is 0 Å². The average Bonchev–Trinajstić information content (AvgIpc) is 2.71. The zero-order valence-electron chi connectivity index (χ0n) is 16.3. The molecule has 0 spiro atoms. The Hall–Kier alpha value is -3.11. The van der Waals surface area contributed by atoms with E-state index in [0.717, 1.165) is 27.9 Å². The van der Waals surface area contributed by atoms with E-state index in [1.54, 1.807) is 0 Å². The molecule has 0 aliphatic carbocycles. The zero-order valence-corrected chi connectivity index (χ0v) is 16.3. The SMILES string of the molecule is Cc1cccc(C)c1NC(Cc1ccccc1)C(=O)NOCc1ccccc1. The van der Waals surface area contributed by atoms with Crippen LogP contribution in [-0.2, 0) is 22.7 Å². The minimum Gasteiger partial charge on any atom is -0.373 e. The molecule has 2 N–H and O–H groups in total. The van der Waals surface area contributed by atoms with Crippen LogP contribution in [0.25, 0.3) is 0 Å². The Morgan fingerprint density at radius 3 is 2.00 bits per heavy atom. The summed E-state index contributed by atoms with van der Waals surface area (Å²) in [4.78, 5) is 18.3. The summed E-state index contributed by atoms with van der Waals surface area (Å²) in [5.74, 6) is -0.192. The minimum atomic E-state index is -0.446. The fourth-order valence-electron chi connectivity index (χ4n) is 3.11. The fourth-order valence-corrected chi connectivity index (χ4v) is 3.11. The van der Waals surface area contributed by atoms with Gasteiger partial charge in [0.1, 0.15) is 6.04 Å². The van der Waals surface area contributed by atoms with Crippen LogP contribution in [0.15, 0.2) is 78.9 Å². The molecule has 3 aromatic carbocycles. The van der Waals surface area contributed by atoms with Crippen molar-refractivity contribution in [2.75, 3.05) is 5.32 Å². The fraction of sp³-hybridized carbons (Fsp3) is 0.208. The predicted octanol–water partition coefficient (Wildman–Crippen LogP) is 4.57. The first kappa shape index (κ1) is 19.6. The van der Waals surface area contributed by atoms with Crippen LogP contribution in [0.1, 0.15) is 22.3 Å².